The summed E-state index contributed by atoms with van der Waals surface area (Å²) in [6.45, 7) is 3.59. The topological polar surface area (TPSA) is 108 Å². The Labute approximate surface area is 272 Å². The second-order valence-corrected chi connectivity index (χ2v) is 12.6. The van der Waals surface area contributed by atoms with Crippen LogP contribution in [0.2, 0.25) is 0 Å². The van der Waals surface area contributed by atoms with E-state index in [1.54, 1.807) is 0 Å². The number of unbranched alkanes of at least 4 members (excludes halogenated alkanes) is 3. The van der Waals surface area contributed by atoms with Crippen LogP contribution in [0, 0.1) is 0 Å². The Morgan fingerprint density at radius 2 is 1.50 bits per heavy atom. The molecule has 246 valence electrons. The number of hydrogen-bond donors (Lipinski definition) is 3. The van der Waals surface area contributed by atoms with Crippen LogP contribution in [0.25, 0.3) is 11.1 Å². The number of carboxylic acids is 1. The molecule has 0 unspecified atom stereocenters. The van der Waals surface area contributed by atoms with Crippen LogP contribution in [-0.4, -0.2) is 52.7 Å². The molecule has 2 heterocycles. The maximum atomic E-state index is 12.5. The van der Waals surface area contributed by atoms with E-state index >= 15 is 0 Å². The number of carboxylic acid groups (broad SMARTS) is 1. The Balaban J connectivity index is 1.22. The number of piperidine rings is 1. The second kappa shape index (κ2) is 17.4. The summed E-state index contributed by atoms with van der Waals surface area (Å²) >= 11 is 0. The zero-order chi connectivity index (χ0) is 32.1. The van der Waals surface area contributed by atoms with Crippen molar-refractivity contribution in [3.05, 3.63) is 95.1 Å². The van der Waals surface area contributed by atoms with E-state index in [1.807, 2.05) is 30.3 Å². The maximum absolute atomic E-state index is 12.5. The van der Waals surface area contributed by atoms with E-state index in [1.165, 1.54) is 19.3 Å². The molecule has 3 aromatic carbocycles. The van der Waals surface area contributed by atoms with Gasteiger partial charge in [-0.1, -0.05) is 92.1 Å². The summed E-state index contributed by atoms with van der Waals surface area (Å²) in [5.74, 6) is -0.761. The fraction of sp³-hybridized carbons (Fsp3) is 0.474. The highest BCUT2D eigenvalue weighted by Crippen LogP contribution is 2.39. The van der Waals surface area contributed by atoms with Crippen LogP contribution in [0.5, 0.6) is 0 Å². The van der Waals surface area contributed by atoms with Gasteiger partial charge in [-0.3, -0.25) is 9.59 Å². The summed E-state index contributed by atoms with van der Waals surface area (Å²) < 4.78 is 13.2. The lowest BCUT2D eigenvalue weighted by Gasteiger charge is -2.39. The number of aliphatic carboxylic acids is 1. The van der Waals surface area contributed by atoms with Gasteiger partial charge in [0.1, 0.15) is 0 Å². The van der Waals surface area contributed by atoms with E-state index in [0.717, 1.165) is 78.7 Å². The highest BCUT2D eigenvalue weighted by atomic mass is 16.7. The molecule has 2 fully saturated rings. The third-order valence-corrected chi connectivity index (χ3v) is 9.06. The first-order valence-corrected chi connectivity index (χ1v) is 16.9. The molecule has 5 rings (SSSR count). The first kappa shape index (κ1) is 33.8. The van der Waals surface area contributed by atoms with Gasteiger partial charge in [0, 0.05) is 37.9 Å². The fourth-order valence-electron chi connectivity index (χ4n) is 6.44. The Kier molecular flexibility index (Phi) is 12.8. The molecule has 0 saturated carbocycles. The van der Waals surface area contributed by atoms with E-state index in [4.69, 9.17) is 14.6 Å². The minimum Gasteiger partial charge on any atom is -0.481 e. The smallest absolute Gasteiger partial charge is 0.303 e. The number of carbonyl (C=O) groups is 2. The number of nitrogens with zero attached hydrogens (tertiary/aromatic N) is 1. The molecular formula is C38H48N2O6. The minimum absolute atomic E-state index is 0.00893. The zero-order valence-corrected chi connectivity index (χ0v) is 26.7. The Hall–Kier alpha value is -3.56. The number of likely N-dealkylation sites (tertiary alicyclic amines) is 1. The molecule has 0 spiro atoms. The summed E-state index contributed by atoms with van der Waals surface area (Å²) in [5.41, 5.74) is 6.13. The molecule has 1 amide bonds. The van der Waals surface area contributed by atoms with Gasteiger partial charge in [-0.2, -0.15) is 0 Å². The quantitative estimate of drug-likeness (QED) is 0.157. The van der Waals surface area contributed by atoms with E-state index in [0.29, 0.717) is 19.4 Å². The lowest BCUT2D eigenvalue weighted by Crippen LogP contribution is -2.41. The van der Waals surface area contributed by atoms with Crippen LogP contribution in [-0.2, 0) is 32.2 Å². The van der Waals surface area contributed by atoms with E-state index in [-0.39, 0.29) is 31.1 Å². The summed E-state index contributed by atoms with van der Waals surface area (Å²) in [7, 11) is 0. The van der Waals surface area contributed by atoms with Crippen molar-refractivity contribution in [1.82, 2.24) is 10.2 Å². The predicted molar refractivity (Wildman–Crippen MR) is 178 cm³/mol. The van der Waals surface area contributed by atoms with Crippen LogP contribution in [0.3, 0.4) is 0 Å². The minimum atomic E-state index is -0.770. The fourth-order valence-corrected chi connectivity index (χ4v) is 6.44. The van der Waals surface area contributed by atoms with Gasteiger partial charge in [-0.05, 0) is 66.6 Å². The molecule has 8 nitrogen and oxygen atoms in total. The third-order valence-electron chi connectivity index (χ3n) is 9.06. The first-order chi connectivity index (χ1) is 22.5. The first-order valence-electron chi connectivity index (χ1n) is 16.9. The highest BCUT2D eigenvalue weighted by molar-refractivity contribution is 5.76. The molecule has 0 aliphatic carbocycles. The molecule has 3 aromatic rings. The lowest BCUT2D eigenvalue weighted by atomic mass is 9.97. The van der Waals surface area contributed by atoms with Gasteiger partial charge in [0.15, 0.2) is 6.29 Å². The summed E-state index contributed by atoms with van der Waals surface area (Å²) in [5, 5.41) is 21.3. The number of amides is 1. The number of ether oxygens (including phenoxy) is 2. The van der Waals surface area contributed by atoms with Crippen molar-refractivity contribution in [3.8, 4) is 11.1 Å². The number of hydrogen-bond acceptors (Lipinski definition) is 6. The molecular weight excluding hydrogens is 580 g/mol. The molecule has 2 aliphatic rings. The highest BCUT2D eigenvalue weighted by Gasteiger charge is 2.33. The van der Waals surface area contributed by atoms with Gasteiger partial charge in [-0.15, -0.1) is 0 Å². The molecule has 0 aromatic heterocycles. The van der Waals surface area contributed by atoms with Crippen LogP contribution < -0.4 is 5.32 Å². The monoisotopic (exact) mass is 628 g/mol. The summed E-state index contributed by atoms with van der Waals surface area (Å²) in [6.07, 6.45) is 7.74. The molecule has 46 heavy (non-hydrogen) atoms. The zero-order valence-electron chi connectivity index (χ0n) is 26.7. The van der Waals surface area contributed by atoms with Crippen LogP contribution in [0.4, 0.5) is 0 Å². The average molecular weight is 629 g/mol. The van der Waals surface area contributed by atoms with Crippen LogP contribution in [0.15, 0.2) is 72.8 Å². The van der Waals surface area contributed by atoms with Gasteiger partial charge < -0.3 is 29.9 Å². The van der Waals surface area contributed by atoms with Crippen molar-refractivity contribution < 1.29 is 29.3 Å². The van der Waals surface area contributed by atoms with Crippen molar-refractivity contribution in [2.45, 2.75) is 95.9 Å². The van der Waals surface area contributed by atoms with Crippen LogP contribution in [0.1, 0.15) is 98.9 Å². The van der Waals surface area contributed by atoms with E-state index in [9.17, 15) is 14.7 Å². The van der Waals surface area contributed by atoms with Gasteiger partial charge in [0.2, 0.25) is 5.91 Å². The Bertz CT molecular complexity index is 1390. The van der Waals surface area contributed by atoms with E-state index in [2.05, 4.69) is 52.7 Å². The number of nitrogens with one attached hydrogen (secondary N) is 1. The molecule has 2 saturated heterocycles. The van der Waals surface area contributed by atoms with Crippen molar-refractivity contribution in [2.24, 2.45) is 0 Å². The maximum Gasteiger partial charge on any atom is 0.303 e. The van der Waals surface area contributed by atoms with Crippen molar-refractivity contribution in [1.29, 1.82) is 0 Å². The number of benzene rings is 3. The van der Waals surface area contributed by atoms with Gasteiger partial charge in [0.05, 0.1) is 18.8 Å². The SMILES string of the molecule is O=C(O)CCCCCCC(=O)NCc1ccccc1-c1ccc([C@@H]2O[C@H](CN3CCCCC3)C[C@H](c3ccc(CO)cc3)O2)cc1. The van der Waals surface area contributed by atoms with Gasteiger partial charge in [0.25, 0.3) is 0 Å². The predicted octanol–water partition coefficient (Wildman–Crippen LogP) is 6.92. The molecule has 0 bridgehead atoms. The Morgan fingerprint density at radius 1 is 0.804 bits per heavy atom. The largest absolute Gasteiger partial charge is 0.481 e. The lowest BCUT2D eigenvalue weighted by molar-refractivity contribution is -0.253. The van der Waals surface area contributed by atoms with Crippen LogP contribution >= 0.6 is 0 Å². The molecule has 8 heteroatoms. The number of carbonyl (C=O) groups excluding carboxylic acids is 1. The molecule has 3 N–H and O–H groups in total. The second-order valence-electron chi connectivity index (χ2n) is 12.6. The number of aliphatic hydroxyl groups excluding tert-OH is 1. The van der Waals surface area contributed by atoms with Gasteiger partial charge in [-0.25, -0.2) is 0 Å². The average Bonchev–Trinajstić information content (AvgIpc) is 3.09. The molecule has 3 atom stereocenters. The van der Waals surface area contributed by atoms with Gasteiger partial charge >= 0.3 is 5.97 Å². The van der Waals surface area contributed by atoms with Crippen molar-refractivity contribution in [3.63, 3.8) is 0 Å². The van der Waals surface area contributed by atoms with Crippen molar-refractivity contribution in [2.75, 3.05) is 19.6 Å². The third kappa shape index (κ3) is 9.97. The molecule has 0 radical (unpaired) electrons. The number of rotatable bonds is 15. The standard InChI is InChI=1S/C38H48N2O6/c41-27-28-14-16-30(17-15-28)35-24-33(26-40-22-8-3-9-23-40)45-38(46-35)31-20-18-29(19-21-31)34-11-7-6-10-32(34)25-39-36(42)12-4-1-2-5-13-37(43)44/h6-7,10-11,14-21,33,35,38,41H,1-5,8-9,12-13,22-27H2,(H,39,42)(H,43,44)/t33-,35+,38+/m0/s1. The van der Waals surface area contributed by atoms with Crippen molar-refractivity contribution >= 4 is 11.9 Å². The number of aliphatic hydroxyl groups is 1. The Morgan fingerprint density at radius 3 is 2.22 bits per heavy atom. The van der Waals surface area contributed by atoms with E-state index < -0.39 is 12.3 Å². The molecule has 2 aliphatic heterocycles. The normalized spacial score (nSPS) is 20.3. The summed E-state index contributed by atoms with van der Waals surface area (Å²) in [4.78, 5) is 25.7. The summed E-state index contributed by atoms with van der Waals surface area (Å²) in [6, 6.07) is 24.5.